The highest BCUT2D eigenvalue weighted by Crippen LogP contribution is 2.33. The van der Waals surface area contributed by atoms with Crippen LogP contribution in [0.2, 0.25) is 5.02 Å². The minimum absolute atomic E-state index is 0.00699. The van der Waals surface area contributed by atoms with Crippen molar-refractivity contribution in [3.63, 3.8) is 0 Å². The van der Waals surface area contributed by atoms with Crippen molar-refractivity contribution in [2.24, 2.45) is 0 Å². The molecule has 1 aliphatic heterocycles. The van der Waals surface area contributed by atoms with Crippen LogP contribution in [-0.2, 0) is 43.4 Å². The van der Waals surface area contributed by atoms with E-state index < -0.39 is 6.04 Å². The molecule has 2 aliphatic rings. The van der Waals surface area contributed by atoms with Gasteiger partial charge >= 0.3 is 0 Å². The van der Waals surface area contributed by atoms with E-state index in [-0.39, 0.29) is 42.5 Å². The van der Waals surface area contributed by atoms with Crippen molar-refractivity contribution < 1.29 is 28.6 Å². The standard InChI is InChI=1S/C39H49ClN4O6/c1-39(2,3)50-27-36(45)42-19-18-28-10-17-34(40)30(22-28)25-43(31-11-12-31)38(47)35-23-41-24-37(46)44(35)32-13-15-33(16-14-32)49-21-7-20-48-26-29-8-5-4-6-9-29/h4-6,8-10,13-17,22,31,35,41H,7,11-12,18-21,23-27H2,1-3H3,(H,42,45)/t35-/m1/s1. The molecule has 2 fully saturated rings. The van der Waals surface area contributed by atoms with Crippen LogP contribution in [0, 0.1) is 0 Å². The molecule has 3 aromatic carbocycles. The third-order valence-corrected chi connectivity index (χ3v) is 8.87. The van der Waals surface area contributed by atoms with Gasteiger partial charge in [-0.25, -0.2) is 0 Å². The summed E-state index contributed by atoms with van der Waals surface area (Å²) in [4.78, 5) is 43.2. The van der Waals surface area contributed by atoms with Gasteiger partial charge in [0.25, 0.3) is 0 Å². The number of piperazine rings is 1. The Morgan fingerprint density at radius 2 is 1.76 bits per heavy atom. The fourth-order valence-electron chi connectivity index (χ4n) is 5.74. The molecule has 0 spiro atoms. The van der Waals surface area contributed by atoms with Gasteiger partial charge in [0, 0.05) is 42.8 Å². The van der Waals surface area contributed by atoms with Crippen LogP contribution in [0.25, 0.3) is 0 Å². The van der Waals surface area contributed by atoms with Crippen molar-refractivity contribution in [2.45, 2.75) is 77.3 Å². The first-order valence-electron chi connectivity index (χ1n) is 17.4. The number of amides is 3. The van der Waals surface area contributed by atoms with Crippen molar-refractivity contribution >= 4 is 35.0 Å². The van der Waals surface area contributed by atoms with Gasteiger partial charge in [-0.05, 0) is 87.1 Å². The Morgan fingerprint density at radius 1 is 1.00 bits per heavy atom. The minimum Gasteiger partial charge on any atom is -0.494 e. The van der Waals surface area contributed by atoms with Gasteiger partial charge in [0.05, 0.1) is 32.0 Å². The van der Waals surface area contributed by atoms with Crippen LogP contribution >= 0.6 is 11.6 Å². The third-order valence-electron chi connectivity index (χ3n) is 8.50. The van der Waals surface area contributed by atoms with Gasteiger partial charge in [0.1, 0.15) is 18.4 Å². The fourth-order valence-corrected chi connectivity index (χ4v) is 5.92. The van der Waals surface area contributed by atoms with E-state index in [1.54, 1.807) is 4.90 Å². The van der Waals surface area contributed by atoms with E-state index in [9.17, 15) is 14.4 Å². The summed E-state index contributed by atoms with van der Waals surface area (Å²) in [6.07, 6.45) is 3.17. The average Bonchev–Trinajstić information content (AvgIpc) is 3.95. The first kappa shape index (κ1) is 37.3. The molecular formula is C39H49ClN4O6. The zero-order valence-electron chi connectivity index (χ0n) is 29.3. The summed E-state index contributed by atoms with van der Waals surface area (Å²) in [5.41, 5.74) is 3.24. The summed E-state index contributed by atoms with van der Waals surface area (Å²) in [5.74, 6) is 0.248. The number of rotatable bonds is 17. The quantitative estimate of drug-likeness (QED) is 0.184. The normalized spacial score (nSPS) is 16.3. The molecular weight excluding hydrogens is 656 g/mol. The van der Waals surface area contributed by atoms with E-state index in [2.05, 4.69) is 10.6 Å². The summed E-state index contributed by atoms with van der Waals surface area (Å²) in [7, 11) is 0. The molecule has 268 valence electrons. The molecule has 0 radical (unpaired) electrons. The van der Waals surface area contributed by atoms with Crippen molar-refractivity contribution in [1.29, 1.82) is 0 Å². The average molecular weight is 705 g/mol. The van der Waals surface area contributed by atoms with Crippen LogP contribution < -0.4 is 20.3 Å². The van der Waals surface area contributed by atoms with E-state index in [1.165, 1.54) is 0 Å². The zero-order valence-corrected chi connectivity index (χ0v) is 30.0. The Kier molecular flexibility index (Phi) is 13.3. The van der Waals surface area contributed by atoms with Crippen molar-refractivity contribution in [1.82, 2.24) is 15.5 Å². The molecule has 0 unspecified atom stereocenters. The number of hydrogen-bond acceptors (Lipinski definition) is 7. The third kappa shape index (κ3) is 11.3. The lowest BCUT2D eigenvalue weighted by molar-refractivity contribution is -0.136. The molecule has 5 rings (SSSR count). The predicted molar refractivity (Wildman–Crippen MR) is 194 cm³/mol. The van der Waals surface area contributed by atoms with Crippen molar-refractivity contribution in [3.8, 4) is 5.75 Å². The zero-order chi connectivity index (χ0) is 35.5. The molecule has 3 aromatic rings. The van der Waals surface area contributed by atoms with Crippen LogP contribution in [0.5, 0.6) is 5.75 Å². The lowest BCUT2D eigenvalue weighted by Gasteiger charge is -2.38. The number of halogens is 1. The lowest BCUT2D eigenvalue weighted by Crippen LogP contribution is -2.61. The molecule has 11 heteroatoms. The number of carbonyl (C=O) groups excluding carboxylic acids is 3. The monoisotopic (exact) mass is 704 g/mol. The van der Waals surface area contributed by atoms with Gasteiger partial charge in [-0.2, -0.15) is 0 Å². The van der Waals surface area contributed by atoms with Gasteiger partial charge in [-0.3, -0.25) is 19.3 Å². The molecule has 3 amide bonds. The summed E-state index contributed by atoms with van der Waals surface area (Å²) in [6.45, 7) is 8.69. The van der Waals surface area contributed by atoms with Crippen LogP contribution in [0.4, 0.5) is 5.69 Å². The van der Waals surface area contributed by atoms with E-state index in [0.29, 0.717) is 62.3 Å². The first-order chi connectivity index (χ1) is 24.1. The number of anilines is 1. The highest BCUT2D eigenvalue weighted by molar-refractivity contribution is 6.31. The highest BCUT2D eigenvalue weighted by atomic mass is 35.5. The summed E-state index contributed by atoms with van der Waals surface area (Å²) >= 11 is 6.65. The maximum Gasteiger partial charge on any atom is 0.247 e. The minimum atomic E-state index is -0.696. The van der Waals surface area contributed by atoms with Gasteiger partial charge in [-0.1, -0.05) is 54.1 Å². The summed E-state index contributed by atoms with van der Waals surface area (Å²) in [6, 6.07) is 22.6. The molecule has 1 saturated carbocycles. The topological polar surface area (TPSA) is 109 Å². The summed E-state index contributed by atoms with van der Waals surface area (Å²) < 4.78 is 17.2. The van der Waals surface area contributed by atoms with Crippen LogP contribution in [0.3, 0.4) is 0 Å². The van der Waals surface area contributed by atoms with Crippen molar-refractivity contribution in [2.75, 3.05) is 44.4 Å². The number of carbonyl (C=O) groups is 3. The Labute approximate surface area is 300 Å². The Bertz CT molecular complexity index is 1580. The number of hydrogen-bond donors (Lipinski definition) is 2. The second kappa shape index (κ2) is 17.8. The predicted octanol–water partition coefficient (Wildman–Crippen LogP) is 5.30. The molecule has 1 saturated heterocycles. The van der Waals surface area contributed by atoms with Crippen LogP contribution in [0.15, 0.2) is 72.8 Å². The molecule has 2 N–H and O–H groups in total. The van der Waals surface area contributed by atoms with Gasteiger partial charge in [0.15, 0.2) is 0 Å². The second-order valence-corrected chi connectivity index (χ2v) is 14.2. The Balaban J connectivity index is 1.16. The number of benzene rings is 3. The van der Waals surface area contributed by atoms with Gasteiger partial charge in [-0.15, -0.1) is 0 Å². The van der Waals surface area contributed by atoms with Crippen molar-refractivity contribution in [3.05, 3.63) is 94.5 Å². The van der Waals surface area contributed by atoms with E-state index in [0.717, 1.165) is 36.0 Å². The fraction of sp³-hybridized carbons (Fsp3) is 0.462. The highest BCUT2D eigenvalue weighted by Gasteiger charge is 2.41. The Hall–Kier alpha value is -3.96. The first-order valence-corrected chi connectivity index (χ1v) is 17.8. The van der Waals surface area contributed by atoms with Crippen LogP contribution in [0.1, 0.15) is 56.7 Å². The van der Waals surface area contributed by atoms with Gasteiger partial charge in [0.2, 0.25) is 17.7 Å². The maximum absolute atomic E-state index is 14.2. The molecule has 0 aromatic heterocycles. The molecule has 0 bridgehead atoms. The molecule has 1 heterocycles. The number of ether oxygens (including phenoxy) is 3. The number of nitrogens with one attached hydrogen (secondary N) is 2. The maximum atomic E-state index is 14.2. The lowest BCUT2D eigenvalue weighted by atomic mass is 10.1. The SMILES string of the molecule is CC(C)(C)OCC(=O)NCCc1ccc(Cl)c(CN(C(=O)[C@H]2CNCC(=O)N2c2ccc(OCCCOCc3ccccc3)cc2)C2CC2)c1. The van der Waals surface area contributed by atoms with Gasteiger partial charge < -0.3 is 29.7 Å². The van der Waals surface area contributed by atoms with E-state index in [4.69, 9.17) is 25.8 Å². The molecule has 1 atom stereocenters. The summed E-state index contributed by atoms with van der Waals surface area (Å²) in [5, 5.41) is 6.61. The van der Waals surface area contributed by atoms with E-state index in [1.807, 2.05) is 98.5 Å². The molecule has 50 heavy (non-hydrogen) atoms. The number of nitrogens with zero attached hydrogens (tertiary/aromatic N) is 2. The molecule has 10 nitrogen and oxygen atoms in total. The van der Waals surface area contributed by atoms with Crippen LogP contribution in [-0.4, -0.2) is 79.8 Å². The van der Waals surface area contributed by atoms with E-state index >= 15 is 0 Å². The molecule has 1 aliphatic carbocycles. The second-order valence-electron chi connectivity index (χ2n) is 13.8. The largest absolute Gasteiger partial charge is 0.494 e. The smallest absolute Gasteiger partial charge is 0.247 e. The Morgan fingerprint density at radius 3 is 2.48 bits per heavy atom.